The van der Waals surface area contributed by atoms with E-state index in [0.717, 1.165) is 17.0 Å². The molecule has 0 amide bonds. The third kappa shape index (κ3) is 1.88. The minimum atomic E-state index is -0.429. The second kappa shape index (κ2) is 3.66. The van der Waals surface area contributed by atoms with E-state index >= 15 is 0 Å². The van der Waals surface area contributed by atoms with Crippen molar-refractivity contribution in [2.75, 3.05) is 0 Å². The lowest BCUT2D eigenvalue weighted by Gasteiger charge is -2.02. The Hall–Kier alpha value is -1.35. The molecule has 0 aliphatic heterocycles. The molecule has 2 nitrogen and oxygen atoms in total. The van der Waals surface area contributed by atoms with Crippen molar-refractivity contribution in [1.29, 1.82) is 0 Å². The van der Waals surface area contributed by atoms with Crippen LogP contribution in [0, 0.1) is 18.8 Å². The average molecular weight is 224 g/mol. The molecular weight excluding hydrogens is 215 g/mol. The molecule has 0 N–H and O–H groups in total. The predicted octanol–water partition coefficient (Wildman–Crippen LogP) is 2.99. The lowest BCUT2D eigenvalue weighted by Crippen LogP contribution is -1.94. The van der Waals surface area contributed by atoms with Crippen molar-refractivity contribution in [2.24, 2.45) is 7.05 Å². The summed E-state index contributed by atoms with van der Waals surface area (Å²) >= 11 is 5.61. The van der Waals surface area contributed by atoms with E-state index in [1.807, 2.05) is 6.92 Å². The number of halogens is 2. The van der Waals surface area contributed by atoms with Crippen molar-refractivity contribution in [2.45, 2.75) is 6.92 Å². The SMILES string of the molecule is Cc1[c]c(-c2ccc(Cl)c(F)c2)n(C)n1. The van der Waals surface area contributed by atoms with E-state index < -0.39 is 5.82 Å². The summed E-state index contributed by atoms with van der Waals surface area (Å²) < 4.78 is 14.9. The molecule has 1 aromatic carbocycles. The minimum absolute atomic E-state index is 0.123. The van der Waals surface area contributed by atoms with Gasteiger partial charge in [0.05, 0.1) is 16.4 Å². The van der Waals surface area contributed by atoms with Crippen LogP contribution >= 0.6 is 11.6 Å². The molecule has 0 atom stereocenters. The molecule has 1 radical (unpaired) electrons. The molecule has 0 spiro atoms. The number of nitrogens with zero attached hydrogens (tertiary/aromatic N) is 2. The highest BCUT2D eigenvalue weighted by molar-refractivity contribution is 6.30. The van der Waals surface area contributed by atoms with Crippen LogP contribution in [0.5, 0.6) is 0 Å². The normalized spacial score (nSPS) is 10.7. The Kier molecular flexibility index (Phi) is 2.49. The maximum absolute atomic E-state index is 13.2. The first-order valence-electron chi connectivity index (χ1n) is 4.46. The van der Waals surface area contributed by atoms with Gasteiger partial charge in [-0.3, -0.25) is 4.68 Å². The topological polar surface area (TPSA) is 17.8 Å². The summed E-state index contributed by atoms with van der Waals surface area (Å²) in [6.45, 7) is 1.84. The summed E-state index contributed by atoms with van der Waals surface area (Å²) in [6.07, 6.45) is 0. The lowest BCUT2D eigenvalue weighted by molar-refractivity contribution is 0.628. The fourth-order valence-electron chi connectivity index (χ4n) is 1.45. The van der Waals surface area contributed by atoms with Crippen LogP contribution in [0.1, 0.15) is 5.69 Å². The zero-order valence-electron chi connectivity index (χ0n) is 8.38. The fourth-order valence-corrected chi connectivity index (χ4v) is 1.57. The van der Waals surface area contributed by atoms with E-state index in [-0.39, 0.29) is 5.02 Å². The molecule has 2 rings (SSSR count). The average Bonchev–Trinajstić information content (AvgIpc) is 2.50. The van der Waals surface area contributed by atoms with Crippen LogP contribution in [-0.4, -0.2) is 9.78 Å². The minimum Gasteiger partial charge on any atom is -0.267 e. The largest absolute Gasteiger partial charge is 0.267 e. The fraction of sp³-hybridized carbons (Fsp3) is 0.182. The van der Waals surface area contributed by atoms with Gasteiger partial charge in [-0.2, -0.15) is 5.10 Å². The Morgan fingerprint density at radius 2 is 2.20 bits per heavy atom. The standard InChI is InChI=1S/C11H9ClFN2/c1-7-5-11(15(2)14-7)8-3-4-9(12)10(13)6-8/h3-4,6H,1-2H3. The van der Waals surface area contributed by atoms with Crippen LogP contribution in [0.2, 0.25) is 5.02 Å². The highest BCUT2D eigenvalue weighted by atomic mass is 35.5. The molecule has 0 unspecified atom stereocenters. The second-order valence-corrected chi connectivity index (χ2v) is 3.72. The van der Waals surface area contributed by atoms with E-state index in [1.165, 1.54) is 12.1 Å². The maximum Gasteiger partial charge on any atom is 0.142 e. The molecule has 0 saturated carbocycles. The van der Waals surface area contributed by atoms with Crippen LogP contribution in [0.3, 0.4) is 0 Å². The summed E-state index contributed by atoms with van der Waals surface area (Å²) in [5, 5.41) is 4.27. The lowest BCUT2D eigenvalue weighted by atomic mass is 10.1. The Morgan fingerprint density at radius 1 is 1.47 bits per heavy atom. The van der Waals surface area contributed by atoms with Crippen molar-refractivity contribution < 1.29 is 4.39 Å². The molecule has 0 aliphatic rings. The Bertz CT molecular complexity index is 505. The van der Waals surface area contributed by atoms with Crippen molar-refractivity contribution in [3.05, 3.63) is 40.8 Å². The van der Waals surface area contributed by atoms with Gasteiger partial charge in [-0.1, -0.05) is 17.7 Å². The molecule has 0 aliphatic carbocycles. The molecule has 1 aromatic heterocycles. The predicted molar refractivity (Wildman–Crippen MR) is 57.2 cm³/mol. The Morgan fingerprint density at radius 3 is 2.73 bits per heavy atom. The van der Waals surface area contributed by atoms with Gasteiger partial charge in [-0.05, 0) is 19.1 Å². The number of aromatic nitrogens is 2. The van der Waals surface area contributed by atoms with E-state index in [2.05, 4.69) is 11.2 Å². The van der Waals surface area contributed by atoms with Crippen molar-refractivity contribution in [3.8, 4) is 11.3 Å². The number of rotatable bonds is 1. The summed E-state index contributed by atoms with van der Waals surface area (Å²) in [5.74, 6) is -0.429. The summed E-state index contributed by atoms with van der Waals surface area (Å²) in [7, 11) is 1.80. The first-order valence-corrected chi connectivity index (χ1v) is 4.84. The van der Waals surface area contributed by atoms with Gasteiger partial charge in [-0.25, -0.2) is 4.39 Å². The van der Waals surface area contributed by atoms with Gasteiger partial charge in [0, 0.05) is 18.7 Å². The van der Waals surface area contributed by atoms with Gasteiger partial charge < -0.3 is 0 Å². The van der Waals surface area contributed by atoms with Gasteiger partial charge in [0.2, 0.25) is 0 Å². The first-order chi connectivity index (χ1) is 7.08. The molecule has 0 fully saturated rings. The molecule has 4 heteroatoms. The second-order valence-electron chi connectivity index (χ2n) is 3.31. The quantitative estimate of drug-likeness (QED) is 0.727. The number of benzene rings is 1. The van der Waals surface area contributed by atoms with Crippen LogP contribution < -0.4 is 0 Å². The van der Waals surface area contributed by atoms with E-state index in [1.54, 1.807) is 17.8 Å². The number of aryl methyl sites for hydroxylation is 2. The summed E-state index contributed by atoms with van der Waals surface area (Å²) in [4.78, 5) is 0. The molecule has 77 valence electrons. The van der Waals surface area contributed by atoms with E-state index in [4.69, 9.17) is 11.6 Å². The monoisotopic (exact) mass is 223 g/mol. The summed E-state index contributed by atoms with van der Waals surface area (Å²) in [5.41, 5.74) is 2.26. The maximum atomic E-state index is 13.2. The Balaban J connectivity index is 2.54. The van der Waals surface area contributed by atoms with Crippen LogP contribution in [0.4, 0.5) is 4.39 Å². The zero-order chi connectivity index (χ0) is 11.0. The van der Waals surface area contributed by atoms with E-state index in [0.29, 0.717) is 0 Å². The number of hydrogen-bond donors (Lipinski definition) is 0. The molecule has 0 saturated heterocycles. The molecule has 0 bridgehead atoms. The van der Waals surface area contributed by atoms with Gasteiger partial charge >= 0.3 is 0 Å². The molecular formula is C11H9ClFN2. The molecule has 15 heavy (non-hydrogen) atoms. The molecule has 2 aromatic rings. The molecule has 1 heterocycles. The zero-order valence-corrected chi connectivity index (χ0v) is 9.14. The van der Waals surface area contributed by atoms with Crippen molar-refractivity contribution in [1.82, 2.24) is 9.78 Å². The van der Waals surface area contributed by atoms with Crippen LogP contribution in [0.25, 0.3) is 11.3 Å². The van der Waals surface area contributed by atoms with Crippen LogP contribution in [-0.2, 0) is 7.05 Å². The van der Waals surface area contributed by atoms with Gasteiger partial charge in [-0.15, -0.1) is 0 Å². The smallest absolute Gasteiger partial charge is 0.142 e. The van der Waals surface area contributed by atoms with E-state index in [9.17, 15) is 4.39 Å². The van der Waals surface area contributed by atoms with Gasteiger partial charge in [0.1, 0.15) is 5.82 Å². The first kappa shape index (κ1) is 10.2. The number of hydrogen-bond acceptors (Lipinski definition) is 1. The third-order valence-electron chi connectivity index (χ3n) is 2.12. The van der Waals surface area contributed by atoms with Crippen molar-refractivity contribution in [3.63, 3.8) is 0 Å². The highest BCUT2D eigenvalue weighted by Gasteiger charge is 2.08. The summed E-state index contributed by atoms with van der Waals surface area (Å²) in [6, 6.07) is 7.71. The van der Waals surface area contributed by atoms with Gasteiger partial charge in [0.15, 0.2) is 0 Å². The van der Waals surface area contributed by atoms with Crippen molar-refractivity contribution >= 4 is 11.6 Å². The Labute approximate surface area is 92.3 Å². The van der Waals surface area contributed by atoms with Crippen LogP contribution in [0.15, 0.2) is 18.2 Å². The third-order valence-corrected chi connectivity index (χ3v) is 2.42. The highest BCUT2D eigenvalue weighted by Crippen LogP contribution is 2.23. The van der Waals surface area contributed by atoms with Gasteiger partial charge in [0.25, 0.3) is 0 Å².